The Balaban J connectivity index is 2.38. The Bertz CT molecular complexity index is 1000. The molecule has 0 radical (unpaired) electrons. The molecule has 2 aromatic rings. The van der Waals surface area contributed by atoms with Crippen molar-refractivity contribution in [2.75, 3.05) is 0 Å². The van der Waals surface area contributed by atoms with Crippen LogP contribution in [0.5, 0.6) is 0 Å². The van der Waals surface area contributed by atoms with E-state index in [1.807, 2.05) is 6.92 Å². The van der Waals surface area contributed by atoms with E-state index in [1.165, 1.54) is 12.1 Å². The summed E-state index contributed by atoms with van der Waals surface area (Å²) in [5.41, 5.74) is 3.09. The van der Waals surface area contributed by atoms with Crippen LogP contribution in [0.4, 0.5) is 4.79 Å². The molecule has 1 N–H and O–H groups in total. The van der Waals surface area contributed by atoms with Crippen LogP contribution >= 0.6 is 0 Å². The molecule has 154 valence electrons. The van der Waals surface area contributed by atoms with Crippen LogP contribution in [0, 0.1) is 18.8 Å². The van der Waals surface area contributed by atoms with Gasteiger partial charge in [0.1, 0.15) is 11.6 Å². The summed E-state index contributed by atoms with van der Waals surface area (Å²) >= 11 is 0. The molecule has 2 rings (SSSR count). The Morgan fingerprint density at radius 1 is 1.21 bits per heavy atom. The van der Waals surface area contributed by atoms with Gasteiger partial charge in [0.25, 0.3) is 10.0 Å². The molecule has 1 aromatic heterocycles. The predicted molar refractivity (Wildman–Crippen MR) is 110 cm³/mol. The molecule has 0 aliphatic rings. The standard InChI is InChI=1S/C21H25N3O4S/c1-16-8-12-19(13-9-16)29(26,27)24(23-20(25)28-21(3,4)5)17(2)10-11-18-7-6-14-22-15-18/h6-9,12-15,17H,1-5H3,(H,23,25). The number of amides is 1. The second kappa shape index (κ2) is 9.07. The number of rotatable bonds is 4. The van der Waals surface area contributed by atoms with E-state index in [-0.39, 0.29) is 4.90 Å². The number of hydrogen-bond donors (Lipinski definition) is 1. The Kier molecular flexibility index (Phi) is 7.01. The van der Waals surface area contributed by atoms with E-state index in [1.54, 1.807) is 64.4 Å². The van der Waals surface area contributed by atoms with Crippen LogP contribution in [-0.4, -0.2) is 35.6 Å². The molecule has 0 aliphatic heterocycles. The number of aromatic nitrogens is 1. The van der Waals surface area contributed by atoms with Crippen molar-refractivity contribution in [2.24, 2.45) is 0 Å². The zero-order valence-corrected chi connectivity index (χ0v) is 17.9. The minimum Gasteiger partial charge on any atom is -0.443 e. The zero-order valence-electron chi connectivity index (χ0n) is 17.1. The highest BCUT2D eigenvalue weighted by Gasteiger charge is 2.31. The third-order valence-electron chi connectivity index (χ3n) is 3.62. The number of hydrogen-bond acceptors (Lipinski definition) is 5. The van der Waals surface area contributed by atoms with Gasteiger partial charge in [-0.15, -0.1) is 0 Å². The Hall–Kier alpha value is -2.89. The molecule has 7 nitrogen and oxygen atoms in total. The maximum atomic E-state index is 13.2. The number of pyridine rings is 1. The van der Waals surface area contributed by atoms with Crippen molar-refractivity contribution in [2.45, 2.75) is 51.2 Å². The van der Waals surface area contributed by atoms with E-state index >= 15 is 0 Å². The van der Waals surface area contributed by atoms with E-state index in [4.69, 9.17) is 4.74 Å². The number of nitrogens with one attached hydrogen (secondary N) is 1. The molecule has 1 amide bonds. The van der Waals surface area contributed by atoms with Crippen molar-refractivity contribution < 1.29 is 17.9 Å². The number of ether oxygens (including phenoxy) is 1. The van der Waals surface area contributed by atoms with E-state index in [9.17, 15) is 13.2 Å². The molecule has 0 bridgehead atoms. The van der Waals surface area contributed by atoms with Crippen molar-refractivity contribution in [1.82, 2.24) is 14.8 Å². The first-order valence-corrected chi connectivity index (χ1v) is 10.5. The average molecular weight is 416 g/mol. The predicted octanol–water partition coefficient (Wildman–Crippen LogP) is 3.26. The summed E-state index contributed by atoms with van der Waals surface area (Å²) in [5, 5.41) is 0. The first-order valence-electron chi connectivity index (χ1n) is 9.01. The van der Waals surface area contributed by atoms with Gasteiger partial charge in [-0.3, -0.25) is 4.98 Å². The van der Waals surface area contributed by atoms with Gasteiger partial charge < -0.3 is 4.74 Å². The molecule has 0 saturated carbocycles. The maximum absolute atomic E-state index is 13.2. The summed E-state index contributed by atoms with van der Waals surface area (Å²) in [6.45, 7) is 8.51. The normalized spacial score (nSPS) is 12.6. The van der Waals surface area contributed by atoms with E-state index < -0.39 is 27.8 Å². The van der Waals surface area contributed by atoms with Crippen LogP contribution in [0.25, 0.3) is 0 Å². The zero-order chi connectivity index (χ0) is 21.7. The highest BCUT2D eigenvalue weighted by Crippen LogP contribution is 2.18. The monoisotopic (exact) mass is 415 g/mol. The van der Waals surface area contributed by atoms with Crippen LogP contribution in [0.3, 0.4) is 0 Å². The molecule has 1 unspecified atom stereocenters. The summed E-state index contributed by atoms with van der Waals surface area (Å²) in [7, 11) is -4.07. The van der Waals surface area contributed by atoms with Crippen molar-refractivity contribution in [3.05, 3.63) is 59.9 Å². The first kappa shape index (κ1) is 22.4. The molecule has 29 heavy (non-hydrogen) atoms. The SMILES string of the molecule is Cc1ccc(S(=O)(=O)N(NC(=O)OC(C)(C)C)C(C)C#Cc2cccnc2)cc1. The topological polar surface area (TPSA) is 88.6 Å². The van der Waals surface area contributed by atoms with Crippen LogP contribution < -0.4 is 5.43 Å². The van der Waals surface area contributed by atoms with Crippen LogP contribution in [0.2, 0.25) is 0 Å². The van der Waals surface area contributed by atoms with Gasteiger partial charge in [0.15, 0.2) is 0 Å². The summed E-state index contributed by atoms with van der Waals surface area (Å²) < 4.78 is 32.4. The van der Waals surface area contributed by atoms with E-state index in [0.29, 0.717) is 5.56 Å². The van der Waals surface area contributed by atoms with Crippen molar-refractivity contribution in [1.29, 1.82) is 0 Å². The quantitative estimate of drug-likeness (QED) is 0.612. The number of benzene rings is 1. The second-order valence-corrected chi connectivity index (χ2v) is 9.23. The highest BCUT2D eigenvalue weighted by molar-refractivity contribution is 7.89. The number of sulfonamides is 1. The summed E-state index contributed by atoms with van der Waals surface area (Å²) in [5.74, 6) is 5.71. The molecule has 1 heterocycles. The van der Waals surface area contributed by atoms with Gasteiger partial charge in [-0.05, 0) is 58.9 Å². The van der Waals surface area contributed by atoms with E-state index in [2.05, 4.69) is 22.3 Å². The molecule has 0 aliphatic carbocycles. The van der Waals surface area contributed by atoms with Gasteiger partial charge in [-0.25, -0.2) is 18.6 Å². The minimum absolute atomic E-state index is 0.0363. The lowest BCUT2D eigenvalue weighted by Gasteiger charge is -2.27. The van der Waals surface area contributed by atoms with Gasteiger partial charge in [0.2, 0.25) is 0 Å². The van der Waals surface area contributed by atoms with Crippen LogP contribution in [0.1, 0.15) is 38.8 Å². The molecule has 0 fully saturated rings. The Labute approximate surface area is 172 Å². The van der Waals surface area contributed by atoms with Crippen molar-refractivity contribution >= 4 is 16.1 Å². The van der Waals surface area contributed by atoms with Crippen LogP contribution in [-0.2, 0) is 14.8 Å². The maximum Gasteiger partial charge on any atom is 0.423 e. The third-order valence-corrected chi connectivity index (χ3v) is 5.41. The smallest absolute Gasteiger partial charge is 0.423 e. The lowest BCUT2D eigenvalue weighted by atomic mass is 10.2. The van der Waals surface area contributed by atoms with Gasteiger partial charge in [-0.2, -0.15) is 0 Å². The number of carbonyl (C=O) groups excluding carboxylic acids is 1. The average Bonchev–Trinajstić information content (AvgIpc) is 2.64. The Morgan fingerprint density at radius 3 is 2.41 bits per heavy atom. The lowest BCUT2D eigenvalue weighted by Crippen LogP contribution is -2.51. The Morgan fingerprint density at radius 2 is 1.86 bits per heavy atom. The molecule has 1 atom stereocenters. The molecule has 8 heteroatoms. The summed E-state index contributed by atoms with van der Waals surface area (Å²) in [6, 6.07) is 8.95. The van der Waals surface area contributed by atoms with Crippen LogP contribution in [0.15, 0.2) is 53.7 Å². The van der Waals surface area contributed by atoms with Gasteiger partial charge >= 0.3 is 6.09 Å². The number of carbonyl (C=O) groups is 1. The summed E-state index contributed by atoms with van der Waals surface area (Å²) in [4.78, 5) is 16.3. The first-order chi connectivity index (χ1) is 13.5. The highest BCUT2D eigenvalue weighted by atomic mass is 32.2. The largest absolute Gasteiger partial charge is 0.443 e. The number of hydrazine groups is 1. The fraction of sp³-hybridized carbons (Fsp3) is 0.333. The number of nitrogens with zero attached hydrogens (tertiary/aromatic N) is 2. The molecule has 0 spiro atoms. The van der Waals surface area contributed by atoms with Crippen molar-refractivity contribution in [3.8, 4) is 11.8 Å². The fourth-order valence-electron chi connectivity index (χ4n) is 2.26. The molecular formula is C21H25N3O4S. The van der Waals surface area contributed by atoms with Crippen molar-refractivity contribution in [3.63, 3.8) is 0 Å². The third kappa shape index (κ3) is 6.59. The lowest BCUT2D eigenvalue weighted by molar-refractivity contribution is 0.0415. The second-order valence-electron chi connectivity index (χ2n) is 7.41. The minimum atomic E-state index is -4.07. The number of aryl methyl sites for hydroxylation is 1. The van der Waals surface area contributed by atoms with E-state index in [0.717, 1.165) is 9.98 Å². The fourth-order valence-corrected chi connectivity index (χ4v) is 3.63. The summed E-state index contributed by atoms with van der Waals surface area (Å²) in [6.07, 6.45) is 2.30. The van der Waals surface area contributed by atoms with Gasteiger partial charge in [0, 0.05) is 18.0 Å². The van der Waals surface area contributed by atoms with Gasteiger partial charge in [0.05, 0.1) is 4.90 Å². The molecule has 0 saturated heterocycles. The van der Waals surface area contributed by atoms with Gasteiger partial charge in [-0.1, -0.05) is 34.0 Å². The molecular weight excluding hydrogens is 390 g/mol. The molecule has 1 aromatic carbocycles.